The molecule has 0 aliphatic rings. The Morgan fingerprint density at radius 2 is 1.96 bits per heavy atom. The number of rotatable bonds is 6. The van der Waals surface area contributed by atoms with Gasteiger partial charge in [0.2, 0.25) is 0 Å². The molecule has 1 heterocycles. The lowest BCUT2D eigenvalue weighted by Crippen LogP contribution is -2.27. The van der Waals surface area contributed by atoms with Crippen molar-refractivity contribution >= 4 is 11.9 Å². The van der Waals surface area contributed by atoms with Gasteiger partial charge in [-0.2, -0.15) is 0 Å². The highest BCUT2D eigenvalue weighted by molar-refractivity contribution is 5.95. The first-order chi connectivity index (χ1) is 11.4. The van der Waals surface area contributed by atoms with Crippen molar-refractivity contribution in [1.29, 1.82) is 0 Å². The molecular formula is C18H20N2O4. The van der Waals surface area contributed by atoms with Crippen LogP contribution in [0.2, 0.25) is 0 Å². The van der Waals surface area contributed by atoms with Gasteiger partial charge in [0.05, 0.1) is 6.04 Å². The van der Waals surface area contributed by atoms with Crippen molar-refractivity contribution < 1.29 is 19.4 Å². The second kappa shape index (κ2) is 7.59. The summed E-state index contributed by atoms with van der Waals surface area (Å²) in [6.45, 7) is 5.04. The van der Waals surface area contributed by atoms with E-state index in [9.17, 15) is 9.59 Å². The Kier molecular flexibility index (Phi) is 5.52. The van der Waals surface area contributed by atoms with Crippen LogP contribution < -0.4 is 10.1 Å². The largest absolute Gasteiger partial charge is 0.481 e. The molecule has 0 unspecified atom stereocenters. The van der Waals surface area contributed by atoms with Gasteiger partial charge in [0.25, 0.3) is 5.91 Å². The first-order valence-electron chi connectivity index (χ1n) is 7.55. The molecule has 0 saturated carbocycles. The molecule has 2 N–H and O–H groups in total. The van der Waals surface area contributed by atoms with Crippen molar-refractivity contribution in [2.75, 3.05) is 6.61 Å². The van der Waals surface area contributed by atoms with Gasteiger partial charge in [-0.1, -0.05) is 6.07 Å². The molecule has 24 heavy (non-hydrogen) atoms. The average molecular weight is 328 g/mol. The SMILES string of the molecule is Cc1cc(C(=O)N[C@@H](C)c2cccnc2)cc(C)c1OCC(=O)O. The molecule has 2 aromatic rings. The van der Waals surface area contributed by atoms with Crippen molar-refractivity contribution in [3.63, 3.8) is 0 Å². The van der Waals surface area contributed by atoms with E-state index >= 15 is 0 Å². The summed E-state index contributed by atoms with van der Waals surface area (Å²) in [5, 5.41) is 11.6. The van der Waals surface area contributed by atoms with E-state index in [-0.39, 0.29) is 11.9 Å². The zero-order valence-electron chi connectivity index (χ0n) is 13.9. The van der Waals surface area contributed by atoms with Crippen LogP contribution in [0.15, 0.2) is 36.7 Å². The smallest absolute Gasteiger partial charge is 0.341 e. The number of hydrogen-bond donors (Lipinski definition) is 2. The van der Waals surface area contributed by atoms with E-state index in [0.717, 1.165) is 16.7 Å². The van der Waals surface area contributed by atoms with Crippen molar-refractivity contribution in [2.24, 2.45) is 0 Å². The van der Waals surface area contributed by atoms with Gasteiger partial charge in [-0.05, 0) is 55.7 Å². The number of carbonyl (C=O) groups is 2. The summed E-state index contributed by atoms with van der Waals surface area (Å²) in [6, 6.07) is 6.93. The van der Waals surface area contributed by atoms with Crippen LogP contribution in [0.5, 0.6) is 5.75 Å². The number of ether oxygens (including phenoxy) is 1. The molecule has 6 heteroatoms. The fourth-order valence-corrected chi connectivity index (χ4v) is 2.44. The van der Waals surface area contributed by atoms with Crippen molar-refractivity contribution in [1.82, 2.24) is 10.3 Å². The van der Waals surface area contributed by atoms with Gasteiger partial charge in [0.1, 0.15) is 5.75 Å². The van der Waals surface area contributed by atoms with Crippen molar-refractivity contribution in [3.8, 4) is 5.75 Å². The van der Waals surface area contributed by atoms with E-state index in [2.05, 4.69) is 10.3 Å². The predicted octanol–water partition coefficient (Wildman–Crippen LogP) is 2.65. The highest BCUT2D eigenvalue weighted by Gasteiger charge is 2.15. The third-order valence-corrected chi connectivity index (χ3v) is 3.59. The Balaban J connectivity index is 2.14. The minimum atomic E-state index is -1.04. The number of aromatic nitrogens is 1. The van der Waals surface area contributed by atoms with Gasteiger partial charge in [-0.15, -0.1) is 0 Å². The van der Waals surface area contributed by atoms with E-state index in [0.29, 0.717) is 11.3 Å². The zero-order valence-corrected chi connectivity index (χ0v) is 13.9. The summed E-state index contributed by atoms with van der Waals surface area (Å²) >= 11 is 0. The minimum Gasteiger partial charge on any atom is -0.481 e. The highest BCUT2D eigenvalue weighted by Crippen LogP contribution is 2.25. The number of benzene rings is 1. The third-order valence-electron chi connectivity index (χ3n) is 3.59. The molecule has 0 radical (unpaired) electrons. The maximum Gasteiger partial charge on any atom is 0.341 e. The molecule has 0 saturated heterocycles. The number of aryl methyl sites for hydroxylation is 2. The van der Waals surface area contributed by atoms with Gasteiger partial charge < -0.3 is 15.2 Å². The molecule has 6 nitrogen and oxygen atoms in total. The van der Waals surface area contributed by atoms with Crippen LogP contribution in [-0.2, 0) is 4.79 Å². The number of aliphatic carboxylic acids is 1. The zero-order chi connectivity index (χ0) is 17.7. The van der Waals surface area contributed by atoms with E-state index < -0.39 is 12.6 Å². The molecule has 1 atom stereocenters. The minimum absolute atomic E-state index is 0.172. The van der Waals surface area contributed by atoms with Crippen LogP contribution in [0.1, 0.15) is 40.0 Å². The normalized spacial score (nSPS) is 11.6. The Morgan fingerprint density at radius 1 is 1.29 bits per heavy atom. The van der Waals surface area contributed by atoms with Crippen LogP contribution in [-0.4, -0.2) is 28.6 Å². The Morgan fingerprint density at radius 3 is 2.50 bits per heavy atom. The van der Waals surface area contributed by atoms with Gasteiger partial charge in [0.15, 0.2) is 6.61 Å². The standard InChI is InChI=1S/C18H20N2O4/c1-11-7-15(8-12(2)17(11)24-10-16(21)22)18(23)20-13(3)14-5-4-6-19-9-14/h4-9,13H,10H2,1-3H3,(H,20,23)(H,21,22)/t13-/m0/s1. The molecule has 0 fully saturated rings. The molecular weight excluding hydrogens is 308 g/mol. The topological polar surface area (TPSA) is 88.5 Å². The van der Waals surface area contributed by atoms with Crippen LogP contribution >= 0.6 is 0 Å². The molecule has 0 aliphatic heterocycles. The fraction of sp³-hybridized carbons (Fsp3) is 0.278. The number of carboxylic acids is 1. The average Bonchev–Trinajstić information content (AvgIpc) is 2.54. The number of carbonyl (C=O) groups excluding carboxylic acids is 1. The molecule has 0 aliphatic carbocycles. The lowest BCUT2D eigenvalue weighted by atomic mass is 10.0. The van der Waals surface area contributed by atoms with Gasteiger partial charge >= 0.3 is 5.97 Å². The van der Waals surface area contributed by atoms with Crippen LogP contribution in [0.25, 0.3) is 0 Å². The number of carboxylic acid groups (broad SMARTS) is 1. The first-order valence-corrected chi connectivity index (χ1v) is 7.55. The number of nitrogens with one attached hydrogen (secondary N) is 1. The van der Waals surface area contributed by atoms with Crippen molar-refractivity contribution in [2.45, 2.75) is 26.8 Å². The lowest BCUT2D eigenvalue weighted by molar-refractivity contribution is -0.139. The Hall–Kier alpha value is -2.89. The second-order valence-electron chi connectivity index (χ2n) is 5.60. The highest BCUT2D eigenvalue weighted by atomic mass is 16.5. The fourth-order valence-electron chi connectivity index (χ4n) is 2.44. The molecule has 2 rings (SSSR count). The number of pyridine rings is 1. The van der Waals surface area contributed by atoms with Crippen molar-refractivity contribution in [3.05, 3.63) is 58.9 Å². The summed E-state index contributed by atoms with van der Waals surface area (Å²) < 4.78 is 5.27. The first kappa shape index (κ1) is 17.5. The lowest BCUT2D eigenvalue weighted by Gasteiger charge is -2.16. The third kappa shape index (κ3) is 4.32. The maximum atomic E-state index is 12.4. The Bertz CT molecular complexity index is 721. The number of amides is 1. The number of hydrogen-bond acceptors (Lipinski definition) is 4. The molecule has 0 spiro atoms. The summed E-state index contributed by atoms with van der Waals surface area (Å²) in [7, 11) is 0. The molecule has 1 aromatic heterocycles. The van der Waals surface area contributed by atoms with E-state index in [1.165, 1.54) is 0 Å². The summed E-state index contributed by atoms with van der Waals surface area (Å²) in [6.07, 6.45) is 3.39. The molecule has 1 aromatic carbocycles. The van der Waals surface area contributed by atoms with Crippen LogP contribution in [0, 0.1) is 13.8 Å². The van der Waals surface area contributed by atoms with E-state index in [4.69, 9.17) is 9.84 Å². The monoisotopic (exact) mass is 328 g/mol. The molecule has 126 valence electrons. The predicted molar refractivity (Wildman–Crippen MR) is 89.2 cm³/mol. The summed E-state index contributed by atoms with van der Waals surface area (Å²) in [4.78, 5) is 27.1. The Labute approximate surface area is 140 Å². The quantitative estimate of drug-likeness (QED) is 0.851. The van der Waals surface area contributed by atoms with E-state index in [1.807, 2.05) is 19.1 Å². The molecule has 0 bridgehead atoms. The summed E-state index contributed by atoms with van der Waals surface area (Å²) in [5.41, 5.74) is 2.86. The van der Waals surface area contributed by atoms with Gasteiger partial charge in [0, 0.05) is 18.0 Å². The molecule has 1 amide bonds. The summed E-state index contributed by atoms with van der Waals surface area (Å²) in [5.74, 6) is -0.752. The van der Waals surface area contributed by atoms with E-state index in [1.54, 1.807) is 38.4 Å². The second-order valence-corrected chi connectivity index (χ2v) is 5.60. The maximum absolute atomic E-state index is 12.4. The van der Waals surface area contributed by atoms with Gasteiger partial charge in [-0.25, -0.2) is 4.79 Å². The van der Waals surface area contributed by atoms with Gasteiger partial charge in [-0.3, -0.25) is 9.78 Å². The van der Waals surface area contributed by atoms with Crippen LogP contribution in [0.3, 0.4) is 0 Å². The number of nitrogens with zero attached hydrogens (tertiary/aromatic N) is 1. The van der Waals surface area contributed by atoms with Crippen LogP contribution in [0.4, 0.5) is 0 Å².